The Bertz CT molecular complexity index is 754. The molecule has 0 N–H and O–H groups in total. The fourth-order valence-corrected chi connectivity index (χ4v) is 4.33. The molecule has 1 atom stereocenters. The molecular weight excluding hydrogens is 340 g/mol. The first-order valence-corrected chi connectivity index (χ1v) is 9.81. The van der Waals surface area contributed by atoms with E-state index >= 15 is 0 Å². The van der Waals surface area contributed by atoms with Crippen LogP contribution in [0, 0.1) is 5.92 Å². The second kappa shape index (κ2) is 7.85. The molecule has 0 bridgehead atoms. The van der Waals surface area contributed by atoms with Crippen molar-refractivity contribution in [1.82, 2.24) is 4.90 Å². The largest absolute Gasteiger partial charge is 0.466 e. The maximum Gasteiger partial charge on any atom is 0.310 e. The highest BCUT2D eigenvalue weighted by Gasteiger charge is 2.38. The molecule has 0 spiro atoms. The minimum absolute atomic E-state index is 0.0854. The third kappa shape index (κ3) is 3.93. The van der Waals surface area contributed by atoms with Gasteiger partial charge in [-0.25, -0.2) is 0 Å². The molecule has 0 radical (unpaired) electrons. The Labute approximate surface area is 162 Å². The van der Waals surface area contributed by atoms with Gasteiger partial charge in [0, 0.05) is 36.5 Å². The molecule has 146 valence electrons. The molecular formula is C22H30N2O3. The number of esters is 1. The van der Waals surface area contributed by atoms with Gasteiger partial charge in [0.1, 0.15) is 0 Å². The molecule has 5 heteroatoms. The number of ketones is 1. The average Bonchev–Trinajstić information content (AvgIpc) is 2.83. The molecule has 1 aromatic carbocycles. The number of hydrogen-bond acceptors (Lipinski definition) is 5. The number of benzene rings is 1. The lowest BCUT2D eigenvalue weighted by Crippen LogP contribution is -2.41. The zero-order valence-corrected chi connectivity index (χ0v) is 16.8. The van der Waals surface area contributed by atoms with Crippen molar-refractivity contribution >= 4 is 17.4 Å². The van der Waals surface area contributed by atoms with Gasteiger partial charge in [0.2, 0.25) is 0 Å². The molecule has 2 aliphatic rings. The van der Waals surface area contributed by atoms with Crippen LogP contribution in [0.3, 0.4) is 0 Å². The molecule has 3 rings (SSSR count). The van der Waals surface area contributed by atoms with E-state index in [2.05, 4.69) is 35.8 Å². The summed E-state index contributed by atoms with van der Waals surface area (Å²) in [7, 11) is 2.02. The number of likely N-dealkylation sites (tertiary alicyclic amines) is 1. The molecule has 0 saturated carbocycles. The van der Waals surface area contributed by atoms with E-state index in [1.165, 1.54) is 5.56 Å². The number of ether oxygens (including phenoxy) is 1. The second-order valence-corrected chi connectivity index (χ2v) is 8.02. The van der Waals surface area contributed by atoms with Crippen LogP contribution in [0.2, 0.25) is 0 Å². The zero-order valence-electron chi connectivity index (χ0n) is 16.8. The first kappa shape index (κ1) is 19.6. The Morgan fingerprint density at radius 3 is 2.74 bits per heavy atom. The van der Waals surface area contributed by atoms with E-state index < -0.39 is 0 Å². The molecule has 27 heavy (non-hydrogen) atoms. The van der Waals surface area contributed by atoms with Crippen molar-refractivity contribution in [2.45, 2.75) is 39.0 Å². The topological polar surface area (TPSA) is 49.9 Å². The fraction of sp³-hybridized carbons (Fsp3) is 0.545. The summed E-state index contributed by atoms with van der Waals surface area (Å²) in [5.41, 5.74) is 3.22. The third-order valence-corrected chi connectivity index (χ3v) is 5.74. The van der Waals surface area contributed by atoms with Gasteiger partial charge in [-0.2, -0.15) is 0 Å². The van der Waals surface area contributed by atoms with Crippen LogP contribution in [-0.2, 0) is 19.7 Å². The standard InChI is InChI=1S/C22H30N2O3/c1-5-27-21(26)16-9-8-12-24(14-16)15-17(25)13-20-22(2,3)18-10-6-7-11-19(18)23(20)4/h6-7,10-11,13,16H,5,8-9,12,14-15H2,1-4H3/b20-13+/t16-/m0/s1. The predicted octanol–water partition coefficient (Wildman–Crippen LogP) is 3.14. The predicted molar refractivity (Wildman–Crippen MR) is 107 cm³/mol. The summed E-state index contributed by atoms with van der Waals surface area (Å²) >= 11 is 0. The lowest BCUT2D eigenvalue weighted by Gasteiger charge is -2.31. The summed E-state index contributed by atoms with van der Waals surface area (Å²) in [6, 6.07) is 8.30. The number of rotatable bonds is 5. The third-order valence-electron chi connectivity index (χ3n) is 5.74. The second-order valence-electron chi connectivity index (χ2n) is 8.02. The van der Waals surface area contributed by atoms with Crippen LogP contribution in [0.1, 0.15) is 39.2 Å². The van der Waals surface area contributed by atoms with Gasteiger partial charge in [0.05, 0.1) is 19.1 Å². The van der Waals surface area contributed by atoms with Crippen LogP contribution >= 0.6 is 0 Å². The maximum atomic E-state index is 12.8. The van der Waals surface area contributed by atoms with Crippen LogP contribution in [-0.4, -0.2) is 49.9 Å². The molecule has 1 saturated heterocycles. The number of carbonyl (C=O) groups is 2. The number of anilines is 1. The molecule has 0 aromatic heterocycles. The lowest BCUT2D eigenvalue weighted by molar-refractivity contribution is -0.150. The van der Waals surface area contributed by atoms with E-state index in [0.717, 1.165) is 30.8 Å². The number of allylic oxidation sites excluding steroid dienone is 1. The van der Waals surface area contributed by atoms with Crippen molar-refractivity contribution < 1.29 is 14.3 Å². The Balaban J connectivity index is 1.69. The van der Waals surface area contributed by atoms with Crippen molar-refractivity contribution in [1.29, 1.82) is 0 Å². The Morgan fingerprint density at radius 2 is 2.04 bits per heavy atom. The normalized spacial score (nSPS) is 23.3. The van der Waals surface area contributed by atoms with Crippen molar-refractivity contribution in [2.24, 2.45) is 5.92 Å². The van der Waals surface area contributed by atoms with Gasteiger partial charge in [0.25, 0.3) is 0 Å². The highest BCUT2D eigenvalue weighted by Crippen LogP contribution is 2.46. The van der Waals surface area contributed by atoms with Crippen LogP contribution in [0.4, 0.5) is 5.69 Å². The Morgan fingerprint density at radius 1 is 1.30 bits per heavy atom. The number of likely N-dealkylation sites (N-methyl/N-ethyl adjacent to an activating group) is 1. The molecule has 5 nitrogen and oxygen atoms in total. The number of nitrogens with zero attached hydrogens (tertiary/aromatic N) is 2. The van der Waals surface area contributed by atoms with Gasteiger partial charge >= 0.3 is 5.97 Å². The molecule has 0 amide bonds. The Hall–Kier alpha value is -2.14. The van der Waals surface area contributed by atoms with Gasteiger partial charge in [-0.15, -0.1) is 0 Å². The summed E-state index contributed by atoms with van der Waals surface area (Å²) in [4.78, 5) is 29.0. The van der Waals surface area contributed by atoms with Crippen LogP contribution < -0.4 is 4.90 Å². The first-order valence-electron chi connectivity index (χ1n) is 9.81. The zero-order chi connectivity index (χ0) is 19.6. The molecule has 0 unspecified atom stereocenters. The minimum atomic E-state index is -0.198. The number of carbonyl (C=O) groups excluding carboxylic acids is 2. The molecule has 0 aliphatic carbocycles. The smallest absolute Gasteiger partial charge is 0.310 e. The minimum Gasteiger partial charge on any atom is -0.466 e. The lowest BCUT2D eigenvalue weighted by atomic mass is 9.83. The highest BCUT2D eigenvalue weighted by atomic mass is 16.5. The van der Waals surface area contributed by atoms with E-state index in [0.29, 0.717) is 19.7 Å². The summed E-state index contributed by atoms with van der Waals surface area (Å²) in [5.74, 6) is -0.170. The van der Waals surface area contributed by atoms with E-state index in [1.54, 1.807) is 6.08 Å². The Kier molecular flexibility index (Phi) is 5.70. The quantitative estimate of drug-likeness (QED) is 0.589. The van der Waals surface area contributed by atoms with Crippen LogP contribution in [0.5, 0.6) is 0 Å². The summed E-state index contributed by atoms with van der Waals surface area (Å²) in [5, 5.41) is 0. The van der Waals surface area contributed by atoms with Gasteiger partial charge in [-0.05, 0) is 37.9 Å². The first-order chi connectivity index (χ1) is 12.8. The summed E-state index contributed by atoms with van der Waals surface area (Å²) < 4.78 is 5.15. The van der Waals surface area contributed by atoms with E-state index in [1.807, 2.05) is 26.1 Å². The number of hydrogen-bond donors (Lipinski definition) is 0. The molecule has 1 aromatic rings. The SMILES string of the molecule is CCOC(=O)[C@H]1CCCN(CC(=O)/C=C2/N(C)c3ccccc3C2(C)C)C1. The van der Waals surface area contributed by atoms with Crippen LogP contribution in [0.15, 0.2) is 36.0 Å². The van der Waals surface area contributed by atoms with E-state index in [-0.39, 0.29) is 23.1 Å². The molecule has 2 aliphatic heterocycles. The van der Waals surface area contributed by atoms with Crippen molar-refractivity contribution in [3.8, 4) is 0 Å². The van der Waals surface area contributed by atoms with Gasteiger partial charge in [-0.1, -0.05) is 32.0 Å². The average molecular weight is 370 g/mol. The van der Waals surface area contributed by atoms with Gasteiger partial charge in [0.15, 0.2) is 5.78 Å². The number of piperidine rings is 1. The molecule has 1 fully saturated rings. The highest BCUT2D eigenvalue weighted by molar-refractivity contribution is 5.94. The van der Waals surface area contributed by atoms with Crippen LogP contribution in [0.25, 0.3) is 0 Å². The molecule has 2 heterocycles. The summed E-state index contributed by atoms with van der Waals surface area (Å²) in [6.45, 7) is 8.35. The number of para-hydroxylation sites is 1. The monoisotopic (exact) mass is 370 g/mol. The van der Waals surface area contributed by atoms with Gasteiger partial charge in [-0.3, -0.25) is 14.5 Å². The van der Waals surface area contributed by atoms with E-state index in [4.69, 9.17) is 4.74 Å². The number of fused-ring (bicyclic) bond motifs is 1. The van der Waals surface area contributed by atoms with Gasteiger partial charge < -0.3 is 9.64 Å². The van der Waals surface area contributed by atoms with Crippen molar-refractivity contribution in [3.05, 3.63) is 41.6 Å². The summed E-state index contributed by atoms with van der Waals surface area (Å²) in [6.07, 6.45) is 3.55. The fourth-order valence-electron chi connectivity index (χ4n) is 4.33. The maximum absolute atomic E-state index is 12.8. The van der Waals surface area contributed by atoms with E-state index in [9.17, 15) is 9.59 Å². The van der Waals surface area contributed by atoms with Crippen molar-refractivity contribution in [3.63, 3.8) is 0 Å². The van der Waals surface area contributed by atoms with Crippen molar-refractivity contribution in [2.75, 3.05) is 38.2 Å².